The molecule has 0 saturated heterocycles. The molecule has 0 bridgehead atoms. The molecule has 0 saturated carbocycles. The summed E-state index contributed by atoms with van der Waals surface area (Å²) >= 11 is 5.81. The van der Waals surface area contributed by atoms with Gasteiger partial charge in [0.05, 0.1) is 0 Å². The zero-order valence-electron chi connectivity index (χ0n) is 12.9. The van der Waals surface area contributed by atoms with Gasteiger partial charge >= 0.3 is 0 Å². The Morgan fingerprint density at radius 1 is 0.917 bits per heavy atom. The number of nitrogens with one attached hydrogen (secondary N) is 3. The monoisotopic (exact) mass is 345 g/mol. The Kier molecular flexibility index (Phi) is 5.92. The minimum absolute atomic E-state index is 0.124. The third kappa shape index (κ3) is 5.10. The average Bonchev–Trinajstić information content (AvgIpc) is 2.58. The van der Waals surface area contributed by atoms with Crippen LogP contribution in [0, 0.1) is 0 Å². The predicted molar refractivity (Wildman–Crippen MR) is 90.3 cm³/mol. The van der Waals surface area contributed by atoms with Crippen molar-refractivity contribution < 1.29 is 14.4 Å². The van der Waals surface area contributed by atoms with Gasteiger partial charge < -0.3 is 5.32 Å². The van der Waals surface area contributed by atoms with Crippen LogP contribution in [0.2, 0.25) is 5.02 Å². The van der Waals surface area contributed by atoms with Gasteiger partial charge in [0.15, 0.2) is 0 Å². The fourth-order valence-corrected chi connectivity index (χ4v) is 2.08. The summed E-state index contributed by atoms with van der Waals surface area (Å²) in [5.74, 6) is -1.04. The van der Waals surface area contributed by atoms with Crippen molar-refractivity contribution in [1.29, 1.82) is 0 Å². The van der Waals surface area contributed by atoms with E-state index in [0.717, 1.165) is 5.56 Å². The number of benzene rings is 2. The molecule has 0 heterocycles. The van der Waals surface area contributed by atoms with Gasteiger partial charge in [-0.1, -0.05) is 29.8 Å². The minimum Gasteiger partial charge on any atom is -0.352 e. The molecule has 0 aliphatic carbocycles. The normalized spacial score (nSPS) is 9.92. The molecule has 24 heavy (non-hydrogen) atoms. The van der Waals surface area contributed by atoms with E-state index in [9.17, 15) is 14.4 Å². The van der Waals surface area contributed by atoms with Crippen LogP contribution in [0.25, 0.3) is 0 Å². The topological polar surface area (TPSA) is 87.3 Å². The molecular formula is C17H16ClN3O3. The van der Waals surface area contributed by atoms with Crippen LogP contribution in [0.5, 0.6) is 0 Å². The maximum atomic E-state index is 12.0. The van der Waals surface area contributed by atoms with Crippen molar-refractivity contribution in [2.75, 3.05) is 0 Å². The second-order valence-electron chi connectivity index (χ2n) is 5.03. The van der Waals surface area contributed by atoms with E-state index in [-0.39, 0.29) is 5.91 Å². The summed E-state index contributed by atoms with van der Waals surface area (Å²) in [5.41, 5.74) is 6.25. The first-order chi connectivity index (χ1) is 11.5. The quantitative estimate of drug-likeness (QED) is 0.741. The lowest BCUT2D eigenvalue weighted by molar-refractivity contribution is -0.119. The van der Waals surface area contributed by atoms with Crippen LogP contribution in [-0.2, 0) is 11.3 Å². The van der Waals surface area contributed by atoms with Crippen LogP contribution in [0.4, 0.5) is 0 Å². The van der Waals surface area contributed by atoms with Gasteiger partial charge in [0.25, 0.3) is 11.8 Å². The molecule has 0 radical (unpaired) electrons. The molecule has 0 aliphatic heterocycles. The van der Waals surface area contributed by atoms with E-state index < -0.39 is 11.8 Å². The Hall–Kier alpha value is -2.86. The minimum atomic E-state index is -0.465. The number of hydrogen-bond donors (Lipinski definition) is 3. The standard InChI is InChI=1S/C17H16ClN3O3/c1-11(22)19-10-12-5-7-13(8-6-12)16(23)20-21-17(24)14-3-2-4-15(18)9-14/h2-9H,10H2,1H3,(H,19,22)(H,20,23)(H,21,24). The summed E-state index contributed by atoms with van der Waals surface area (Å²) in [7, 11) is 0. The maximum absolute atomic E-state index is 12.0. The maximum Gasteiger partial charge on any atom is 0.269 e. The highest BCUT2D eigenvalue weighted by molar-refractivity contribution is 6.30. The second kappa shape index (κ2) is 8.12. The SMILES string of the molecule is CC(=O)NCc1ccc(C(=O)NNC(=O)c2cccc(Cl)c2)cc1. The number of hydrogen-bond acceptors (Lipinski definition) is 3. The van der Waals surface area contributed by atoms with E-state index in [0.29, 0.717) is 22.7 Å². The molecule has 124 valence electrons. The Morgan fingerprint density at radius 3 is 2.12 bits per heavy atom. The van der Waals surface area contributed by atoms with E-state index in [2.05, 4.69) is 16.2 Å². The van der Waals surface area contributed by atoms with Gasteiger partial charge in [-0.05, 0) is 35.9 Å². The Balaban J connectivity index is 1.90. The van der Waals surface area contributed by atoms with Crippen molar-refractivity contribution in [1.82, 2.24) is 16.2 Å². The average molecular weight is 346 g/mol. The molecule has 0 unspecified atom stereocenters. The number of carbonyl (C=O) groups is 3. The van der Waals surface area contributed by atoms with Gasteiger partial charge in [0, 0.05) is 29.6 Å². The molecule has 2 rings (SSSR count). The lowest BCUT2D eigenvalue weighted by Gasteiger charge is -2.08. The van der Waals surface area contributed by atoms with Crippen LogP contribution in [0.15, 0.2) is 48.5 Å². The van der Waals surface area contributed by atoms with Crippen LogP contribution >= 0.6 is 11.6 Å². The van der Waals surface area contributed by atoms with E-state index in [4.69, 9.17) is 11.6 Å². The number of rotatable bonds is 4. The highest BCUT2D eigenvalue weighted by Crippen LogP contribution is 2.10. The molecule has 3 N–H and O–H groups in total. The highest BCUT2D eigenvalue weighted by atomic mass is 35.5. The molecule has 0 atom stereocenters. The van der Waals surface area contributed by atoms with E-state index in [1.54, 1.807) is 42.5 Å². The van der Waals surface area contributed by atoms with E-state index >= 15 is 0 Å². The van der Waals surface area contributed by atoms with Gasteiger partial charge in [-0.15, -0.1) is 0 Å². The first-order valence-electron chi connectivity index (χ1n) is 7.15. The summed E-state index contributed by atoms with van der Waals surface area (Å²) in [4.78, 5) is 34.8. The molecule has 0 aromatic heterocycles. The van der Waals surface area contributed by atoms with Crippen LogP contribution < -0.4 is 16.2 Å². The van der Waals surface area contributed by atoms with Crippen molar-refractivity contribution >= 4 is 29.3 Å². The summed E-state index contributed by atoms with van der Waals surface area (Å²) in [6, 6.07) is 13.1. The number of amides is 3. The van der Waals surface area contributed by atoms with Crippen molar-refractivity contribution in [3.05, 3.63) is 70.2 Å². The predicted octanol–water partition coefficient (Wildman–Crippen LogP) is 2.05. The second-order valence-corrected chi connectivity index (χ2v) is 5.46. The first-order valence-corrected chi connectivity index (χ1v) is 7.53. The third-order valence-corrected chi connectivity index (χ3v) is 3.37. The van der Waals surface area contributed by atoms with Crippen LogP contribution in [-0.4, -0.2) is 17.7 Å². The van der Waals surface area contributed by atoms with Crippen LogP contribution in [0.1, 0.15) is 33.2 Å². The summed E-state index contributed by atoms with van der Waals surface area (Å²) in [5, 5.41) is 3.10. The lowest BCUT2D eigenvalue weighted by atomic mass is 10.1. The smallest absolute Gasteiger partial charge is 0.269 e. The number of carbonyl (C=O) groups excluding carboxylic acids is 3. The molecule has 6 nitrogen and oxygen atoms in total. The van der Waals surface area contributed by atoms with Gasteiger partial charge in [-0.25, -0.2) is 0 Å². The largest absolute Gasteiger partial charge is 0.352 e. The molecule has 0 fully saturated rings. The van der Waals surface area contributed by atoms with Crippen molar-refractivity contribution in [3.8, 4) is 0 Å². The number of halogens is 1. The van der Waals surface area contributed by atoms with Gasteiger partial charge in [0.1, 0.15) is 0 Å². The highest BCUT2D eigenvalue weighted by Gasteiger charge is 2.09. The molecule has 3 amide bonds. The van der Waals surface area contributed by atoms with E-state index in [1.165, 1.54) is 13.0 Å². The zero-order chi connectivity index (χ0) is 17.5. The Labute approximate surface area is 144 Å². The summed E-state index contributed by atoms with van der Waals surface area (Å²) in [6.45, 7) is 1.83. The van der Waals surface area contributed by atoms with Gasteiger partial charge in [-0.3, -0.25) is 25.2 Å². The van der Waals surface area contributed by atoms with Crippen molar-refractivity contribution in [2.24, 2.45) is 0 Å². The molecule has 2 aromatic carbocycles. The van der Waals surface area contributed by atoms with Gasteiger partial charge in [0.2, 0.25) is 5.91 Å². The lowest BCUT2D eigenvalue weighted by Crippen LogP contribution is -2.41. The fraction of sp³-hybridized carbons (Fsp3) is 0.118. The summed E-state index contributed by atoms with van der Waals surface area (Å²) in [6.07, 6.45) is 0. The summed E-state index contributed by atoms with van der Waals surface area (Å²) < 4.78 is 0. The Bertz CT molecular complexity index is 760. The third-order valence-electron chi connectivity index (χ3n) is 3.13. The van der Waals surface area contributed by atoms with Crippen LogP contribution in [0.3, 0.4) is 0 Å². The molecular weight excluding hydrogens is 330 g/mol. The molecule has 0 spiro atoms. The molecule has 0 aliphatic rings. The van der Waals surface area contributed by atoms with E-state index in [1.807, 2.05) is 0 Å². The molecule has 2 aromatic rings. The van der Waals surface area contributed by atoms with Gasteiger partial charge in [-0.2, -0.15) is 0 Å². The molecule has 7 heteroatoms. The zero-order valence-corrected chi connectivity index (χ0v) is 13.7. The fourth-order valence-electron chi connectivity index (χ4n) is 1.89. The first kappa shape index (κ1) is 17.5. The van der Waals surface area contributed by atoms with Crippen molar-refractivity contribution in [3.63, 3.8) is 0 Å². The Morgan fingerprint density at radius 2 is 1.54 bits per heavy atom. The number of hydrazine groups is 1. The van der Waals surface area contributed by atoms with Crippen molar-refractivity contribution in [2.45, 2.75) is 13.5 Å².